The van der Waals surface area contributed by atoms with Crippen LogP contribution in [0.3, 0.4) is 0 Å². The highest BCUT2D eigenvalue weighted by molar-refractivity contribution is 14.1. The Morgan fingerprint density at radius 3 is 2.62 bits per heavy atom. The molecule has 0 aliphatic carbocycles. The van der Waals surface area contributed by atoms with Crippen LogP contribution >= 0.6 is 22.6 Å². The molecule has 0 aliphatic heterocycles. The van der Waals surface area contributed by atoms with Gasteiger partial charge in [0, 0.05) is 18.3 Å². The fraction of sp³-hybridized carbons (Fsp3) is 0.231. The van der Waals surface area contributed by atoms with Crippen LogP contribution in [0.15, 0.2) is 24.4 Å². The second kappa shape index (κ2) is 6.12. The molecule has 1 aromatic heterocycles. The van der Waals surface area contributed by atoms with Gasteiger partial charge in [-0.3, -0.25) is 0 Å². The monoisotopic (exact) mass is 411 g/mol. The molecule has 0 saturated carbocycles. The number of rotatable bonds is 3. The zero-order valence-electron chi connectivity index (χ0n) is 10.8. The van der Waals surface area contributed by atoms with Gasteiger partial charge in [-0.05, 0) is 47.7 Å². The highest BCUT2D eigenvalue weighted by Gasteiger charge is 2.34. The molecular formula is C13H10F4IN3. The largest absolute Gasteiger partial charge is 0.417 e. The van der Waals surface area contributed by atoms with Crippen molar-refractivity contribution < 1.29 is 17.6 Å². The average Bonchev–Trinajstić information content (AvgIpc) is 2.40. The fourth-order valence-electron chi connectivity index (χ4n) is 1.74. The summed E-state index contributed by atoms with van der Waals surface area (Å²) in [6.45, 7) is 2.39. The van der Waals surface area contributed by atoms with Crippen molar-refractivity contribution in [2.24, 2.45) is 0 Å². The molecule has 0 spiro atoms. The van der Waals surface area contributed by atoms with Crippen molar-refractivity contribution in [1.29, 1.82) is 0 Å². The number of aromatic nitrogens is 2. The van der Waals surface area contributed by atoms with Crippen LogP contribution in [-0.2, 0) is 6.18 Å². The molecule has 2 aromatic rings. The lowest BCUT2D eigenvalue weighted by molar-refractivity contribution is -0.137. The summed E-state index contributed by atoms with van der Waals surface area (Å²) in [5.74, 6) is -0.524. The Balaban J connectivity index is 2.61. The number of nitrogens with one attached hydrogen (secondary N) is 1. The molecule has 0 unspecified atom stereocenters. The van der Waals surface area contributed by atoms with Crippen molar-refractivity contribution in [1.82, 2.24) is 9.97 Å². The molecule has 0 amide bonds. The lowest BCUT2D eigenvalue weighted by Crippen LogP contribution is -2.10. The first-order chi connectivity index (χ1) is 9.82. The minimum absolute atomic E-state index is 0.168. The summed E-state index contributed by atoms with van der Waals surface area (Å²) in [6, 6.07) is 2.25. The zero-order valence-corrected chi connectivity index (χ0v) is 13.0. The smallest absolute Gasteiger partial charge is 0.369 e. The Morgan fingerprint density at radius 2 is 2.00 bits per heavy atom. The average molecular weight is 411 g/mol. The Hall–Kier alpha value is -1.45. The van der Waals surface area contributed by atoms with Crippen LogP contribution in [0.4, 0.5) is 23.4 Å². The molecule has 8 heteroatoms. The van der Waals surface area contributed by atoms with Gasteiger partial charge in [0.1, 0.15) is 11.6 Å². The number of nitrogens with zero attached hydrogens (tertiary/aromatic N) is 2. The Kier molecular flexibility index (Phi) is 4.64. The summed E-state index contributed by atoms with van der Waals surface area (Å²) in [5, 5.41) is 2.93. The molecule has 0 aliphatic rings. The van der Waals surface area contributed by atoms with Crippen LogP contribution in [0.25, 0.3) is 11.4 Å². The van der Waals surface area contributed by atoms with Gasteiger partial charge >= 0.3 is 6.18 Å². The van der Waals surface area contributed by atoms with Crippen molar-refractivity contribution in [2.45, 2.75) is 13.1 Å². The summed E-state index contributed by atoms with van der Waals surface area (Å²) in [6.07, 6.45) is -3.21. The van der Waals surface area contributed by atoms with Gasteiger partial charge in [-0.1, -0.05) is 0 Å². The van der Waals surface area contributed by atoms with E-state index in [9.17, 15) is 17.6 Å². The number of hydrogen-bond acceptors (Lipinski definition) is 3. The van der Waals surface area contributed by atoms with Gasteiger partial charge in [0.15, 0.2) is 5.82 Å². The fourth-order valence-corrected chi connectivity index (χ4v) is 2.19. The summed E-state index contributed by atoms with van der Waals surface area (Å²) in [4.78, 5) is 7.93. The summed E-state index contributed by atoms with van der Waals surface area (Å²) < 4.78 is 53.0. The van der Waals surface area contributed by atoms with E-state index in [1.54, 1.807) is 0 Å². The molecule has 1 heterocycles. The van der Waals surface area contributed by atoms with Gasteiger partial charge in [0.05, 0.1) is 9.13 Å². The molecular weight excluding hydrogens is 401 g/mol. The maximum atomic E-state index is 13.3. The maximum absolute atomic E-state index is 13.3. The Morgan fingerprint density at radius 1 is 1.29 bits per heavy atom. The van der Waals surface area contributed by atoms with E-state index in [-0.39, 0.29) is 11.4 Å². The van der Waals surface area contributed by atoms with Gasteiger partial charge in [-0.25, -0.2) is 14.4 Å². The van der Waals surface area contributed by atoms with E-state index >= 15 is 0 Å². The van der Waals surface area contributed by atoms with Crippen LogP contribution in [0.2, 0.25) is 0 Å². The van der Waals surface area contributed by atoms with Crippen molar-refractivity contribution in [3.05, 3.63) is 39.3 Å². The highest BCUT2D eigenvalue weighted by Crippen LogP contribution is 2.36. The van der Waals surface area contributed by atoms with E-state index < -0.39 is 17.6 Å². The first kappa shape index (κ1) is 15.9. The first-order valence-electron chi connectivity index (χ1n) is 5.96. The van der Waals surface area contributed by atoms with E-state index in [1.165, 1.54) is 6.20 Å². The predicted molar refractivity (Wildman–Crippen MR) is 79.3 cm³/mol. The molecule has 112 valence electrons. The standard InChI is InChI=1S/C13H10F4IN3/c1-2-19-12-10(18)6-20-11(21-12)8-5-7(14)3-4-9(8)13(15,16)17/h3-6H,2H2,1H3,(H,19,20,21). The molecule has 0 atom stereocenters. The number of alkyl halides is 3. The zero-order chi connectivity index (χ0) is 15.6. The Labute approximate surface area is 131 Å². The molecule has 2 rings (SSSR count). The first-order valence-corrected chi connectivity index (χ1v) is 7.04. The highest BCUT2D eigenvalue weighted by atomic mass is 127. The molecule has 0 radical (unpaired) electrons. The van der Waals surface area contributed by atoms with Crippen molar-refractivity contribution in [3.63, 3.8) is 0 Å². The SMILES string of the molecule is CCNc1nc(-c2cc(F)ccc2C(F)(F)F)ncc1I. The van der Waals surface area contributed by atoms with E-state index in [2.05, 4.69) is 15.3 Å². The maximum Gasteiger partial charge on any atom is 0.417 e. The quantitative estimate of drug-likeness (QED) is 0.604. The lowest BCUT2D eigenvalue weighted by Gasteiger charge is -2.13. The minimum atomic E-state index is -4.60. The van der Waals surface area contributed by atoms with Gasteiger partial charge in [-0.15, -0.1) is 0 Å². The third-order valence-electron chi connectivity index (χ3n) is 2.62. The van der Waals surface area contributed by atoms with E-state index in [1.807, 2.05) is 29.5 Å². The number of benzene rings is 1. The normalized spacial score (nSPS) is 11.5. The minimum Gasteiger partial charge on any atom is -0.369 e. The number of halogens is 5. The van der Waals surface area contributed by atoms with Crippen molar-refractivity contribution >= 4 is 28.4 Å². The van der Waals surface area contributed by atoms with E-state index in [0.29, 0.717) is 22.0 Å². The third-order valence-corrected chi connectivity index (χ3v) is 3.41. The second-order valence-electron chi connectivity index (χ2n) is 4.11. The summed E-state index contributed by atoms with van der Waals surface area (Å²) in [7, 11) is 0. The van der Waals surface area contributed by atoms with E-state index in [4.69, 9.17) is 0 Å². The van der Waals surface area contributed by atoms with Gasteiger partial charge in [0.2, 0.25) is 0 Å². The number of hydrogen-bond donors (Lipinski definition) is 1. The molecule has 0 fully saturated rings. The topological polar surface area (TPSA) is 37.8 Å². The van der Waals surface area contributed by atoms with Crippen molar-refractivity contribution in [3.8, 4) is 11.4 Å². The second-order valence-corrected chi connectivity index (χ2v) is 5.27. The lowest BCUT2D eigenvalue weighted by atomic mass is 10.1. The summed E-state index contributed by atoms with van der Waals surface area (Å²) in [5.41, 5.74) is -1.34. The molecule has 0 saturated heterocycles. The predicted octanol–water partition coefficient (Wildman–Crippen LogP) is 4.34. The third kappa shape index (κ3) is 3.60. The van der Waals surface area contributed by atoms with Crippen molar-refractivity contribution in [2.75, 3.05) is 11.9 Å². The van der Waals surface area contributed by atoms with Gasteiger partial charge in [-0.2, -0.15) is 13.2 Å². The van der Waals surface area contributed by atoms with Gasteiger partial charge in [0.25, 0.3) is 0 Å². The molecule has 1 aromatic carbocycles. The van der Waals surface area contributed by atoms with Crippen LogP contribution in [0.5, 0.6) is 0 Å². The summed E-state index contributed by atoms with van der Waals surface area (Å²) >= 11 is 1.97. The molecule has 21 heavy (non-hydrogen) atoms. The molecule has 3 nitrogen and oxygen atoms in total. The van der Waals surface area contributed by atoms with Crippen LogP contribution in [-0.4, -0.2) is 16.5 Å². The Bertz CT molecular complexity index is 658. The molecule has 1 N–H and O–H groups in total. The van der Waals surface area contributed by atoms with Crippen LogP contribution in [0.1, 0.15) is 12.5 Å². The van der Waals surface area contributed by atoms with Gasteiger partial charge < -0.3 is 5.32 Å². The number of anilines is 1. The van der Waals surface area contributed by atoms with Crippen LogP contribution < -0.4 is 5.32 Å². The van der Waals surface area contributed by atoms with E-state index in [0.717, 1.165) is 12.1 Å². The van der Waals surface area contributed by atoms with Crippen LogP contribution in [0, 0.1) is 9.39 Å². The molecule has 0 bridgehead atoms.